The number of carbonyl (C=O) groups excluding carboxylic acids is 1. The lowest BCUT2D eigenvalue weighted by atomic mass is 9.78. The van der Waals surface area contributed by atoms with Crippen molar-refractivity contribution in [1.82, 2.24) is 10.6 Å². The van der Waals surface area contributed by atoms with E-state index in [-0.39, 0.29) is 11.9 Å². The minimum atomic E-state index is -0.671. The van der Waals surface area contributed by atoms with Crippen LogP contribution >= 0.6 is 0 Å². The van der Waals surface area contributed by atoms with Crippen molar-refractivity contribution < 1.29 is 9.90 Å². The molecule has 0 aromatic carbocycles. The monoisotopic (exact) mass is 268 g/mol. The Labute approximate surface area is 116 Å². The molecule has 1 aliphatic heterocycles. The Hall–Kier alpha value is -0.610. The fourth-order valence-corrected chi connectivity index (χ4v) is 3.25. The quantitative estimate of drug-likeness (QED) is 0.725. The molecule has 0 radical (unpaired) electrons. The summed E-state index contributed by atoms with van der Waals surface area (Å²) in [6.45, 7) is 3.56. The van der Waals surface area contributed by atoms with Crippen LogP contribution in [0.25, 0.3) is 0 Å². The Bertz CT molecular complexity index is 293. The lowest BCUT2D eigenvalue weighted by molar-refractivity contribution is -0.125. The number of hydrogen-bond acceptors (Lipinski definition) is 3. The van der Waals surface area contributed by atoms with Gasteiger partial charge < -0.3 is 15.7 Å². The van der Waals surface area contributed by atoms with Crippen LogP contribution in [0.3, 0.4) is 0 Å². The first kappa shape index (κ1) is 14.8. The third-order valence-corrected chi connectivity index (χ3v) is 4.83. The first-order chi connectivity index (χ1) is 9.13. The van der Waals surface area contributed by atoms with E-state index in [9.17, 15) is 9.90 Å². The molecule has 1 saturated carbocycles. The molecule has 0 aromatic rings. The van der Waals surface area contributed by atoms with E-state index in [1.54, 1.807) is 0 Å². The van der Waals surface area contributed by atoms with Gasteiger partial charge in [0.05, 0.1) is 11.6 Å². The average molecular weight is 268 g/mol. The van der Waals surface area contributed by atoms with Crippen molar-refractivity contribution in [3.8, 4) is 0 Å². The lowest BCUT2D eigenvalue weighted by Crippen LogP contribution is -2.51. The third-order valence-electron chi connectivity index (χ3n) is 4.83. The van der Waals surface area contributed by atoms with Gasteiger partial charge in [0.1, 0.15) is 0 Å². The fraction of sp³-hybridized carbons (Fsp3) is 0.933. The van der Waals surface area contributed by atoms with Crippen molar-refractivity contribution in [2.24, 2.45) is 5.92 Å². The molecule has 1 unspecified atom stereocenters. The smallest absolute Gasteiger partial charge is 0.237 e. The highest BCUT2D eigenvalue weighted by Gasteiger charge is 2.33. The summed E-state index contributed by atoms with van der Waals surface area (Å²) < 4.78 is 0. The van der Waals surface area contributed by atoms with Gasteiger partial charge in [-0.25, -0.2) is 0 Å². The summed E-state index contributed by atoms with van der Waals surface area (Å²) in [6, 6.07) is -0.0515. The Kier molecular flexibility index (Phi) is 5.22. The molecule has 2 fully saturated rings. The molecule has 0 spiro atoms. The summed E-state index contributed by atoms with van der Waals surface area (Å²) in [5, 5.41) is 16.7. The normalized spacial score (nSPS) is 35.9. The predicted molar refractivity (Wildman–Crippen MR) is 75.9 cm³/mol. The van der Waals surface area contributed by atoms with Gasteiger partial charge in [-0.3, -0.25) is 4.79 Å². The van der Waals surface area contributed by atoms with E-state index in [1.165, 1.54) is 6.42 Å². The second kappa shape index (κ2) is 6.71. The number of carbonyl (C=O) groups is 1. The summed E-state index contributed by atoms with van der Waals surface area (Å²) in [6.07, 6.45) is 8.22. The Balaban J connectivity index is 1.73. The highest BCUT2D eigenvalue weighted by molar-refractivity contribution is 5.81. The largest absolute Gasteiger partial charge is 0.388 e. The molecule has 0 bridgehead atoms. The van der Waals surface area contributed by atoms with Crippen molar-refractivity contribution in [2.45, 2.75) is 69.9 Å². The molecule has 1 atom stereocenters. The maximum absolute atomic E-state index is 12.0. The van der Waals surface area contributed by atoms with E-state index in [2.05, 4.69) is 17.6 Å². The van der Waals surface area contributed by atoms with Gasteiger partial charge in [0, 0.05) is 6.54 Å². The van der Waals surface area contributed by atoms with Crippen LogP contribution in [0.1, 0.15) is 58.3 Å². The number of rotatable bonds is 4. The van der Waals surface area contributed by atoms with Crippen LogP contribution in [0.5, 0.6) is 0 Å². The molecule has 1 heterocycles. The van der Waals surface area contributed by atoms with E-state index in [1.807, 2.05) is 0 Å². The maximum atomic E-state index is 12.0. The van der Waals surface area contributed by atoms with Crippen molar-refractivity contribution in [1.29, 1.82) is 0 Å². The molecule has 2 rings (SSSR count). The number of piperidine rings is 1. The number of aliphatic hydroxyl groups is 1. The average Bonchev–Trinajstić information content (AvgIpc) is 2.47. The van der Waals surface area contributed by atoms with Crippen LogP contribution in [0, 0.1) is 5.92 Å². The van der Waals surface area contributed by atoms with Gasteiger partial charge in [0.25, 0.3) is 0 Å². The van der Waals surface area contributed by atoms with Gasteiger partial charge in [0.2, 0.25) is 5.91 Å². The molecule has 19 heavy (non-hydrogen) atoms. The summed E-state index contributed by atoms with van der Waals surface area (Å²) in [5.41, 5.74) is -0.671. The summed E-state index contributed by atoms with van der Waals surface area (Å²) in [5.74, 6) is 0.821. The number of amides is 1. The molecule has 110 valence electrons. The van der Waals surface area contributed by atoms with Crippen LogP contribution in [-0.2, 0) is 4.79 Å². The predicted octanol–water partition coefficient (Wildman–Crippen LogP) is 1.58. The van der Waals surface area contributed by atoms with Gasteiger partial charge in [0.15, 0.2) is 0 Å². The number of hydrogen-bond donors (Lipinski definition) is 3. The van der Waals surface area contributed by atoms with Gasteiger partial charge in [-0.05, 0) is 51.0 Å². The SMILES string of the molecule is CCC1CCC(O)(CNC(=O)C2CCCCN2)CC1. The zero-order valence-electron chi connectivity index (χ0n) is 12.1. The molecular weight excluding hydrogens is 240 g/mol. The van der Waals surface area contributed by atoms with Gasteiger partial charge in [-0.1, -0.05) is 19.8 Å². The highest BCUT2D eigenvalue weighted by atomic mass is 16.3. The van der Waals surface area contributed by atoms with Crippen molar-refractivity contribution >= 4 is 5.91 Å². The van der Waals surface area contributed by atoms with Gasteiger partial charge in [-0.2, -0.15) is 0 Å². The highest BCUT2D eigenvalue weighted by Crippen LogP contribution is 2.33. The molecule has 4 nitrogen and oxygen atoms in total. The molecule has 1 amide bonds. The van der Waals surface area contributed by atoms with Gasteiger partial charge in [-0.15, -0.1) is 0 Å². The fourth-order valence-electron chi connectivity index (χ4n) is 3.25. The summed E-state index contributed by atoms with van der Waals surface area (Å²) >= 11 is 0. The van der Waals surface area contributed by atoms with Crippen LogP contribution in [-0.4, -0.2) is 35.7 Å². The van der Waals surface area contributed by atoms with Crippen LogP contribution in [0.15, 0.2) is 0 Å². The Morgan fingerprint density at radius 3 is 2.63 bits per heavy atom. The molecular formula is C15H28N2O2. The van der Waals surface area contributed by atoms with Crippen LogP contribution in [0.2, 0.25) is 0 Å². The lowest BCUT2D eigenvalue weighted by Gasteiger charge is -2.36. The van der Waals surface area contributed by atoms with Crippen LogP contribution < -0.4 is 10.6 Å². The maximum Gasteiger partial charge on any atom is 0.237 e. The molecule has 0 aromatic heterocycles. The van der Waals surface area contributed by atoms with Crippen molar-refractivity contribution in [3.05, 3.63) is 0 Å². The minimum Gasteiger partial charge on any atom is -0.388 e. The van der Waals surface area contributed by atoms with E-state index in [0.29, 0.717) is 6.54 Å². The summed E-state index contributed by atoms with van der Waals surface area (Å²) in [7, 11) is 0. The second-order valence-electron chi connectivity index (χ2n) is 6.30. The third kappa shape index (κ3) is 4.18. The molecule has 2 aliphatic rings. The first-order valence-corrected chi connectivity index (χ1v) is 7.86. The topological polar surface area (TPSA) is 61.4 Å². The first-order valence-electron chi connectivity index (χ1n) is 7.86. The standard InChI is InChI=1S/C15H28N2O2/c1-2-12-6-8-15(19,9-7-12)11-17-14(18)13-5-3-4-10-16-13/h12-13,16,19H,2-11H2,1H3,(H,17,18). The number of nitrogens with one attached hydrogen (secondary N) is 2. The van der Waals surface area contributed by atoms with Crippen molar-refractivity contribution in [3.63, 3.8) is 0 Å². The van der Waals surface area contributed by atoms with Crippen molar-refractivity contribution in [2.75, 3.05) is 13.1 Å². The molecule has 1 saturated heterocycles. The second-order valence-corrected chi connectivity index (χ2v) is 6.30. The van der Waals surface area contributed by atoms with E-state index in [0.717, 1.165) is 57.4 Å². The van der Waals surface area contributed by atoms with Crippen LogP contribution in [0.4, 0.5) is 0 Å². The minimum absolute atomic E-state index is 0.0515. The molecule has 1 aliphatic carbocycles. The zero-order valence-corrected chi connectivity index (χ0v) is 12.1. The molecule has 4 heteroatoms. The van der Waals surface area contributed by atoms with E-state index < -0.39 is 5.60 Å². The Morgan fingerprint density at radius 2 is 2.05 bits per heavy atom. The zero-order chi connectivity index (χ0) is 13.7. The van der Waals surface area contributed by atoms with Gasteiger partial charge >= 0.3 is 0 Å². The summed E-state index contributed by atoms with van der Waals surface area (Å²) in [4.78, 5) is 12.0. The molecule has 3 N–H and O–H groups in total. The Morgan fingerprint density at radius 1 is 1.32 bits per heavy atom. The van der Waals surface area contributed by atoms with E-state index >= 15 is 0 Å². The van der Waals surface area contributed by atoms with E-state index in [4.69, 9.17) is 0 Å².